The lowest BCUT2D eigenvalue weighted by Gasteiger charge is -2.24. The molecule has 1 aromatic heterocycles. The number of hydrogen-bond acceptors (Lipinski definition) is 4. The van der Waals surface area contributed by atoms with Crippen molar-refractivity contribution in [3.05, 3.63) is 71.8 Å². The van der Waals surface area contributed by atoms with Crippen molar-refractivity contribution in [2.75, 3.05) is 11.4 Å². The van der Waals surface area contributed by atoms with E-state index < -0.39 is 0 Å². The first-order chi connectivity index (χ1) is 11.7. The van der Waals surface area contributed by atoms with Crippen molar-refractivity contribution in [1.29, 1.82) is 5.26 Å². The maximum atomic E-state index is 9.02. The molecule has 4 nitrogen and oxygen atoms in total. The number of aromatic nitrogens is 2. The summed E-state index contributed by atoms with van der Waals surface area (Å²) in [6.45, 7) is 2.85. The van der Waals surface area contributed by atoms with Gasteiger partial charge in [0.25, 0.3) is 0 Å². The molecule has 0 fully saturated rings. The van der Waals surface area contributed by atoms with Crippen LogP contribution in [0.4, 0.5) is 11.4 Å². The van der Waals surface area contributed by atoms with Gasteiger partial charge in [0.2, 0.25) is 0 Å². The molecule has 1 heterocycles. The van der Waals surface area contributed by atoms with Crippen molar-refractivity contribution in [3.8, 4) is 17.2 Å². The SMILES string of the molecule is CCN(c1cccc(-c2cncnc2)c1)c1ccc(C#N)c(Cl)c1. The zero-order chi connectivity index (χ0) is 16.9. The van der Waals surface area contributed by atoms with E-state index in [2.05, 4.69) is 33.9 Å². The molecule has 0 aliphatic rings. The van der Waals surface area contributed by atoms with Crippen LogP contribution in [0.3, 0.4) is 0 Å². The molecule has 0 amide bonds. The normalized spacial score (nSPS) is 10.2. The van der Waals surface area contributed by atoms with Gasteiger partial charge in [-0.15, -0.1) is 0 Å². The van der Waals surface area contributed by atoms with Crippen LogP contribution in [0.2, 0.25) is 5.02 Å². The predicted octanol–water partition coefficient (Wildman–Crippen LogP) is 4.83. The second-order valence-electron chi connectivity index (χ2n) is 5.20. The lowest BCUT2D eigenvalue weighted by molar-refractivity contribution is 1.02. The molecule has 0 radical (unpaired) electrons. The summed E-state index contributed by atoms with van der Waals surface area (Å²) in [5.41, 5.74) is 4.48. The third kappa shape index (κ3) is 3.22. The van der Waals surface area contributed by atoms with E-state index in [1.54, 1.807) is 18.5 Å². The molecule has 0 atom stereocenters. The highest BCUT2D eigenvalue weighted by atomic mass is 35.5. The first-order valence-corrected chi connectivity index (χ1v) is 7.93. The van der Waals surface area contributed by atoms with Gasteiger partial charge in [-0.05, 0) is 42.8 Å². The Hall–Kier alpha value is -2.90. The van der Waals surface area contributed by atoms with Gasteiger partial charge in [0.05, 0.1) is 10.6 Å². The molecule has 118 valence electrons. The highest BCUT2D eigenvalue weighted by Gasteiger charge is 2.11. The Kier molecular flexibility index (Phi) is 4.74. The minimum absolute atomic E-state index is 0.459. The first kappa shape index (κ1) is 16.0. The van der Waals surface area contributed by atoms with Crippen LogP contribution in [0.25, 0.3) is 11.1 Å². The molecule has 3 aromatic rings. The van der Waals surface area contributed by atoms with Crippen LogP contribution < -0.4 is 4.90 Å². The standard InChI is InChI=1S/C19H15ClN4/c1-2-24(18-7-6-15(10-21)19(20)9-18)17-5-3-4-14(8-17)16-11-22-13-23-12-16/h3-9,11-13H,2H2,1H3. The summed E-state index contributed by atoms with van der Waals surface area (Å²) in [6.07, 6.45) is 5.10. The second-order valence-corrected chi connectivity index (χ2v) is 5.60. The Morgan fingerprint density at radius 1 is 1.04 bits per heavy atom. The van der Waals surface area contributed by atoms with Gasteiger partial charge in [-0.25, -0.2) is 9.97 Å². The van der Waals surface area contributed by atoms with Gasteiger partial charge < -0.3 is 4.90 Å². The molecule has 0 spiro atoms. The van der Waals surface area contributed by atoms with Crippen molar-refractivity contribution in [2.24, 2.45) is 0 Å². The lowest BCUT2D eigenvalue weighted by atomic mass is 10.1. The topological polar surface area (TPSA) is 52.8 Å². The highest BCUT2D eigenvalue weighted by molar-refractivity contribution is 6.32. The zero-order valence-corrected chi connectivity index (χ0v) is 13.9. The predicted molar refractivity (Wildman–Crippen MR) is 96.3 cm³/mol. The largest absolute Gasteiger partial charge is 0.342 e. The summed E-state index contributed by atoms with van der Waals surface area (Å²) < 4.78 is 0. The summed E-state index contributed by atoms with van der Waals surface area (Å²) in [7, 11) is 0. The van der Waals surface area contributed by atoms with Crippen LogP contribution in [0, 0.1) is 11.3 Å². The molecule has 0 aliphatic heterocycles. The van der Waals surface area contributed by atoms with Crippen molar-refractivity contribution in [3.63, 3.8) is 0 Å². The van der Waals surface area contributed by atoms with Gasteiger partial charge in [0.1, 0.15) is 12.4 Å². The maximum Gasteiger partial charge on any atom is 0.115 e. The van der Waals surface area contributed by atoms with E-state index in [1.165, 1.54) is 6.33 Å². The molecule has 2 aromatic carbocycles. The summed E-state index contributed by atoms with van der Waals surface area (Å²) in [6, 6.07) is 15.7. The molecule has 5 heteroatoms. The van der Waals surface area contributed by atoms with E-state index in [1.807, 2.05) is 30.3 Å². The van der Waals surface area contributed by atoms with Crippen molar-refractivity contribution >= 4 is 23.0 Å². The molecule has 0 saturated heterocycles. The number of nitriles is 1. The third-order valence-corrected chi connectivity index (χ3v) is 4.07. The van der Waals surface area contributed by atoms with Crippen molar-refractivity contribution < 1.29 is 0 Å². The average molecular weight is 335 g/mol. The maximum absolute atomic E-state index is 9.02. The fraction of sp³-hybridized carbons (Fsp3) is 0.105. The molecular formula is C19H15ClN4. The van der Waals surface area contributed by atoms with Crippen LogP contribution in [0.5, 0.6) is 0 Å². The molecule has 0 N–H and O–H groups in total. The number of rotatable bonds is 4. The van der Waals surface area contributed by atoms with Gasteiger partial charge in [-0.3, -0.25) is 0 Å². The summed E-state index contributed by atoms with van der Waals surface area (Å²) >= 11 is 6.18. The molecule has 0 bridgehead atoms. The Balaban J connectivity index is 2.00. The monoisotopic (exact) mass is 334 g/mol. The first-order valence-electron chi connectivity index (χ1n) is 7.55. The highest BCUT2D eigenvalue weighted by Crippen LogP contribution is 2.31. The smallest absolute Gasteiger partial charge is 0.115 e. The van der Waals surface area contributed by atoms with Gasteiger partial charge in [-0.2, -0.15) is 5.26 Å². The zero-order valence-electron chi connectivity index (χ0n) is 13.1. The van der Waals surface area contributed by atoms with Gasteiger partial charge in [-0.1, -0.05) is 23.7 Å². The van der Waals surface area contributed by atoms with Crippen molar-refractivity contribution in [1.82, 2.24) is 9.97 Å². The number of halogens is 1. The minimum atomic E-state index is 0.459. The van der Waals surface area contributed by atoms with Crippen LogP contribution in [-0.2, 0) is 0 Å². The molecule has 0 aliphatic carbocycles. The second kappa shape index (κ2) is 7.12. The Morgan fingerprint density at radius 3 is 2.46 bits per heavy atom. The van der Waals surface area contributed by atoms with E-state index in [9.17, 15) is 0 Å². The van der Waals surface area contributed by atoms with Gasteiger partial charge in [0.15, 0.2) is 0 Å². The molecule has 3 rings (SSSR count). The summed E-state index contributed by atoms with van der Waals surface area (Å²) in [5, 5.41) is 9.48. The lowest BCUT2D eigenvalue weighted by Crippen LogP contribution is -2.16. The number of anilines is 2. The van der Waals surface area contributed by atoms with Gasteiger partial charge in [0, 0.05) is 35.9 Å². The van der Waals surface area contributed by atoms with Crippen LogP contribution >= 0.6 is 11.6 Å². The quantitative estimate of drug-likeness (QED) is 0.686. The van der Waals surface area contributed by atoms with Crippen molar-refractivity contribution in [2.45, 2.75) is 6.92 Å². The van der Waals surface area contributed by atoms with Crippen LogP contribution in [-0.4, -0.2) is 16.5 Å². The average Bonchev–Trinajstić information content (AvgIpc) is 2.63. The van der Waals surface area contributed by atoms with E-state index in [-0.39, 0.29) is 0 Å². The number of nitrogens with zero attached hydrogens (tertiary/aromatic N) is 4. The summed E-state index contributed by atoms with van der Waals surface area (Å²) in [5.74, 6) is 0. The van der Waals surface area contributed by atoms with E-state index in [0.717, 1.165) is 29.0 Å². The molecule has 24 heavy (non-hydrogen) atoms. The fourth-order valence-electron chi connectivity index (χ4n) is 2.58. The van der Waals surface area contributed by atoms with Crippen LogP contribution in [0.1, 0.15) is 12.5 Å². The molecule has 0 saturated carbocycles. The minimum Gasteiger partial charge on any atom is -0.342 e. The van der Waals surface area contributed by atoms with E-state index in [0.29, 0.717) is 10.6 Å². The van der Waals surface area contributed by atoms with E-state index in [4.69, 9.17) is 16.9 Å². The van der Waals surface area contributed by atoms with E-state index >= 15 is 0 Å². The third-order valence-electron chi connectivity index (χ3n) is 3.75. The Morgan fingerprint density at radius 2 is 1.79 bits per heavy atom. The Bertz CT molecular complexity index is 887. The molecular weight excluding hydrogens is 320 g/mol. The van der Waals surface area contributed by atoms with Crippen LogP contribution in [0.15, 0.2) is 61.2 Å². The fourth-order valence-corrected chi connectivity index (χ4v) is 2.80. The molecule has 0 unspecified atom stereocenters. The number of benzene rings is 2. The number of hydrogen-bond donors (Lipinski definition) is 0. The van der Waals surface area contributed by atoms with Gasteiger partial charge >= 0.3 is 0 Å². The summed E-state index contributed by atoms with van der Waals surface area (Å²) in [4.78, 5) is 10.3. The Labute approximate surface area is 146 Å².